The number of hydrogen-bond acceptors (Lipinski definition) is 0. The van der Waals surface area contributed by atoms with Gasteiger partial charge in [0.05, 0.1) is 0 Å². The first kappa shape index (κ1) is 9.00. The fourth-order valence-electron chi connectivity index (χ4n) is 1.12. The van der Waals surface area contributed by atoms with E-state index >= 15 is 0 Å². The van der Waals surface area contributed by atoms with Crippen LogP contribution in [0, 0.1) is 10.8 Å². The summed E-state index contributed by atoms with van der Waals surface area (Å²) in [4.78, 5) is 0. The summed E-state index contributed by atoms with van der Waals surface area (Å²) in [6.07, 6.45) is 2.83. The van der Waals surface area contributed by atoms with Gasteiger partial charge in [-0.25, -0.2) is 0 Å². The molecule has 0 heteroatoms. The van der Waals surface area contributed by atoms with Crippen molar-refractivity contribution in [3.63, 3.8) is 0 Å². The van der Waals surface area contributed by atoms with Gasteiger partial charge in [0.1, 0.15) is 0 Å². The molecule has 1 rings (SSSR count). The van der Waals surface area contributed by atoms with Crippen LogP contribution in [0.5, 0.6) is 0 Å². The lowest BCUT2D eigenvalue weighted by molar-refractivity contribution is -0.0164. The average molecular weight is 128 g/mol. The lowest BCUT2D eigenvalue weighted by Crippen LogP contribution is -2.42. The molecule has 0 spiro atoms. The van der Waals surface area contributed by atoms with Crippen LogP contribution in [0.4, 0.5) is 0 Å². The van der Waals surface area contributed by atoms with Gasteiger partial charge in [0, 0.05) is 0 Å². The highest BCUT2D eigenvalue weighted by molar-refractivity contribution is 4.95. The van der Waals surface area contributed by atoms with E-state index < -0.39 is 0 Å². The first-order valence-electron chi connectivity index (χ1n) is 3.46. The van der Waals surface area contributed by atoms with E-state index in [-0.39, 0.29) is 7.43 Å². The molecule has 1 fully saturated rings. The van der Waals surface area contributed by atoms with Gasteiger partial charge in [-0.2, -0.15) is 0 Å². The van der Waals surface area contributed by atoms with Gasteiger partial charge in [-0.15, -0.1) is 0 Å². The summed E-state index contributed by atoms with van der Waals surface area (Å²) in [5.74, 6) is 0. The van der Waals surface area contributed by atoms with E-state index in [4.69, 9.17) is 0 Å². The SMILES string of the molecule is C.CC1(C)CCC1(C)C. The molecule has 0 aliphatic heterocycles. The fraction of sp³-hybridized carbons (Fsp3) is 1.00. The lowest BCUT2D eigenvalue weighted by atomic mass is 9.53. The number of rotatable bonds is 0. The third-order valence-corrected chi connectivity index (χ3v) is 3.21. The highest BCUT2D eigenvalue weighted by Crippen LogP contribution is 2.55. The van der Waals surface area contributed by atoms with E-state index in [1.165, 1.54) is 12.8 Å². The highest BCUT2D eigenvalue weighted by Gasteiger charge is 2.44. The Labute approximate surface area is 59.7 Å². The van der Waals surface area contributed by atoms with Crippen molar-refractivity contribution in [2.24, 2.45) is 10.8 Å². The lowest BCUT2D eigenvalue weighted by Gasteiger charge is -2.52. The molecule has 0 N–H and O–H groups in total. The molecule has 1 aliphatic carbocycles. The van der Waals surface area contributed by atoms with Gasteiger partial charge < -0.3 is 0 Å². The predicted octanol–water partition coefficient (Wildman–Crippen LogP) is 3.47. The van der Waals surface area contributed by atoms with Crippen molar-refractivity contribution in [1.29, 1.82) is 0 Å². The molecular weight excluding hydrogens is 108 g/mol. The topological polar surface area (TPSA) is 0 Å². The van der Waals surface area contributed by atoms with Crippen molar-refractivity contribution in [3.8, 4) is 0 Å². The Bertz CT molecular complexity index is 84.6. The molecule has 0 nitrogen and oxygen atoms in total. The Morgan fingerprint density at radius 2 is 1.00 bits per heavy atom. The molecule has 56 valence electrons. The van der Waals surface area contributed by atoms with Crippen LogP contribution in [-0.4, -0.2) is 0 Å². The average Bonchev–Trinajstić information content (AvgIpc) is 1.64. The highest BCUT2D eigenvalue weighted by atomic mass is 14.5. The summed E-state index contributed by atoms with van der Waals surface area (Å²) in [5, 5.41) is 0. The van der Waals surface area contributed by atoms with E-state index in [1.54, 1.807) is 0 Å². The van der Waals surface area contributed by atoms with E-state index in [0.29, 0.717) is 10.8 Å². The Hall–Kier alpha value is 0. The van der Waals surface area contributed by atoms with Crippen molar-refractivity contribution < 1.29 is 0 Å². The quantitative estimate of drug-likeness (QED) is 0.468. The Balaban J connectivity index is 0.000000640. The maximum atomic E-state index is 2.36. The Kier molecular flexibility index (Phi) is 2.00. The van der Waals surface area contributed by atoms with Crippen LogP contribution in [-0.2, 0) is 0 Å². The molecule has 0 atom stereocenters. The van der Waals surface area contributed by atoms with Crippen LogP contribution < -0.4 is 0 Å². The molecule has 0 bridgehead atoms. The van der Waals surface area contributed by atoms with E-state index in [2.05, 4.69) is 27.7 Å². The third kappa shape index (κ3) is 1.12. The minimum absolute atomic E-state index is 0. The van der Waals surface area contributed by atoms with Crippen molar-refractivity contribution in [3.05, 3.63) is 0 Å². The van der Waals surface area contributed by atoms with Crippen LogP contribution >= 0.6 is 0 Å². The summed E-state index contributed by atoms with van der Waals surface area (Å²) in [6, 6.07) is 0. The summed E-state index contributed by atoms with van der Waals surface area (Å²) in [5.41, 5.74) is 1.24. The molecule has 0 aromatic carbocycles. The van der Waals surface area contributed by atoms with E-state index in [9.17, 15) is 0 Å². The van der Waals surface area contributed by atoms with Gasteiger partial charge in [0.2, 0.25) is 0 Å². The largest absolute Gasteiger partial charge is 0.0776 e. The second-order valence-corrected chi connectivity index (χ2v) is 4.27. The third-order valence-electron chi connectivity index (χ3n) is 3.21. The molecule has 0 aromatic rings. The van der Waals surface area contributed by atoms with E-state index in [1.807, 2.05) is 0 Å². The first-order chi connectivity index (χ1) is 3.46. The molecule has 0 saturated heterocycles. The van der Waals surface area contributed by atoms with Crippen molar-refractivity contribution >= 4 is 0 Å². The first-order valence-corrected chi connectivity index (χ1v) is 3.46. The minimum atomic E-state index is 0. The minimum Gasteiger partial charge on any atom is -0.0776 e. The standard InChI is InChI=1S/C8H16.CH4/c1-7(2)5-6-8(7,3)4;/h5-6H2,1-4H3;1H4. The Morgan fingerprint density at radius 1 is 0.778 bits per heavy atom. The molecular formula is C9H20. The van der Waals surface area contributed by atoms with Crippen molar-refractivity contribution in [1.82, 2.24) is 0 Å². The summed E-state index contributed by atoms with van der Waals surface area (Å²) in [7, 11) is 0. The molecule has 1 saturated carbocycles. The molecule has 1 aliphatic rings. The van der Waals surface area contributed by atoms with Crippen LogP contribution in [0.25, 0.3) is 0 Å². The van der Waals surface area contributed by atoms with Crippen LogP contribution in [0.15, 0.2) is 0 Å². The molecule has 0 amide bonds. The molecule has 0 heterocycles. The summed E-state index contributed by atoms with van der Waals surface area (Å²) >= 11 is 0. The van der Waals surface area contributed by atoms with Gasteiger partial charge in [-0.3, -0.25) is 0 Å². The van der Waals surface area contributed by atoms with Gasteiger partial charge in [0.25, 0.3) is 0 Å². The molecule has 0 aromatic heterocycles. The second kappa shape index (κ2) is 2.00. The zero-order chi connectivity index (χ0) is 6.41. The zero-order valence-corrected chi connectivity index (χ0v) is 6.41. The van der Waals surface area contributed by atoms with Gasteiger partial charge in [-0.1, -0.05) is 35.1 Å². The monoisotopic (exact) mass is 128 g/mol. The normalized spacial score (nSPS) is 28.0. The van der Waals surface area contributed by atoms with E-state index in [0.717, 1.165) is 0 Å². The van der Waals surface area contributed by atoms with Crippen molar-refractivity contribution in [2.75, 3.05) is 0 Å². The van der Waals surface area contributed by atoms with Crippen LogP contribution in [0.1, 0.15) is 48.0 Å². The van der Waals surface area contributed by atoms with Gasteiger partial charge in [0.15, 0.2) is 0 Å². The molecule has 0 radical (unpaired) electrons. The van der Waals surface area contributed by atoms with Gasteiger partial charge >= 0.3 is 0 Å². The zero-order valence-electron chi connectivity index (χ0n) is 6.41. The predicted molar refractivity (Wildman–Crippen MR) is 43.5 cm³/mol. The maximum Gasteiger partial charge on any atom is -0.0303 e. The van der Waals surface area contributed by atoms with Crippen LogP contribution in [0.3, 0.4) is 0 Å². The molecule has 9 heavy (non-hydrogen) atoms. The number of hydrogen-bond donors (Lipinski definition) is 0. The van der Waals surface area contributed by atoms with Crippen LogP contribution in [0.2, 0.25) is 0 Å². The maximum absolute atomic E-state index is 2.36. The van der Waals surface area contributed by atoms with Gasteiger partial charge in [-0.05, 0) is 23.7 Å². The Morgan fingerprint density at radius 3 is 1.00 bits per heavy atom. The smallest absolute Gasteiger partial charge is 0.0303 e. The summed E-state index contributed by atoms with van der Waals surface area (Å²) in [6.45, 7) is 9.43. The fourth-order valence-corrected chi connectivity index (χ4v) is 1.12. The van der Waals surface area contributed by atoms with Crippen molar-refractivity contribution in [2.45, 2.75) is 48.0 Å². The summed E-state index contributed by atoms with van der Waals surface area (Å²) < 4.78 is 0. The molecule has 0 unspecified atom stereocenters. The second-order valence-electron chi connectivity index (χ2n) is 4.27.